The summed E-state index contributed by atoms with van der Waals surface area (Å²) in [6, 6.07) is 0. The van der Waals surface area contributed by atoms with Crippen molar-refractivity contribution in [2.24, 2.45) is 0 Å². The van der Waals surface area contributed by atoms with Crippen molar-refractivity contribution in [3.05, 3.63) is 60.8 Å². The highest BCUT2D eigenvalue weighted by Gasteiger charge is 2.16. The van der Waals surface area contributed by atoms with Gasteiger partial charge in [-0.05, 0) is 57.8 Å². The molecule has 0 saturated heterocycles. The Morgan fingerprint density at radius 2 is 0.672 bits per heavy atom. The third-order valence-corrected chi connectivity index (χ3v) is 12.3. The average Bonchev–Trinajstić information content (AvgIpc) is 3.30. The zero-order valence-corrected chi connectivity index (χ0v) is 42.5. The highest BCUT2D eigenvalue weighted by atomic mass is 16.6. The number of ether oxygens (including phenoxy) is 2. The van der Waals surface area contributed by atoms with Gasteiger partial charge in [0.1, 0.15) is 6.61 Å². The molecule has 1 unspecified atom stereocenters. The molecule has 0 aromatic heterocycles. The van der Waals surface area contributed by atoms with Gasteiger partial charge in [-0.2, -0.15) is 0 Å². The Morgan fingerprint density at radius 3 is 1.02 bits per heavy atom. The zero-order valence-electron chi connectivity index (χ0n) is 42.5. The minimum atomic E-state index is -0.771. The number of carbonyl (C=O) groups excluding carboxylic acids is 2. The van der Waals surface area contributed by atoms with Crippen molar-refractivity contribution in [1.82, 2.24) is 0 Å². The van der Waals surface area contributed by atoms with Gasteiger partial charge in [0.05, 0.1) is 6.61 Å². The van der Waals surface area contributed by atoms with E-state index >= 15 is 0 Å². The molecular formula is C59H106O5. The van der Waals surface area contributed by atoms with Crippen LogP contribution in [-0.2, 0) is 19.1 Å². The first-order valence-electron chi connectivity index (χ1n) is 27.8. The van der Waals surface area contributed by atoms with Crippen LogP contribution < -0.4 is 0 Å². The maximum absolute atomic E-state index is 12.3. The lowest BCUT2D eigenvalue weighted by atomic mass is 10.0. The summed E-state index contributed by atoms with van der Waals surface area (Å²) in [6.07, 6.45) is 73.3. The molecule has 0 radical (unpaired) electrons. The van der Waals surface area contributed by atoms with Gasteiger partial charge < -0.3 is 14.6 Å². The highest BCUT2D eigenvalue weighted by molar-refractivity contribution is 5.70. The van der Waals surface area contributed by atoms with Crippen LogP contribution in [0.15, 0.2) is 60.8 Å². The van der Waals surface area contributed by atoms with E-state index in [1.807, 2.05) is 0 Å². The molecule has 0 aliphatic carbocycles. The van der Waals surface area contributed by atoms with E-state index in [4.69, 9.17) is 9.47 Å². The summed E-state index contributed by atoms with van der Waals surface area (Å²) in [5, 5.41) is 9.65. The second-order valence-corrected chi connectivity index (χ2v) is 18.6. The van der Waals surface area contributed by atoms with E-state index < -0.39 is 6.10 Å². The molecule has 1 atom stereocenters. The Hall–Kier alpha value is -2.40. The summed E-state index contributed by atoms with van der Waals surface area (Å²) in [5.74, 6) is -0.577. The fraction of sp³-hybridized carbons (Fsp3) is 0.797. The smallest absolute Gasteiger partial charge is 0.306 e. The van der Waals surface area contributed by atoms with Crippen LogP contribution in [0.1, 0.15) is 284 Å². The molecular weight excluding hydrogens is 789 g/mol. The predicted molar refractivity (Wildman–Crippen MR) is 279 cm³/mol. The molecule has 0 spiro atoms. The van der Waals surface area contributed by atoms with Crippen molar-refractivity contribution in [3.8, 4) is 0 Å². The molecule has 64 heavy (non-hydrogen) atoms. The van der Waals surface area contributed by atoms with Crippen LogP contribution in [0.5, 0.6) is 0 Å². The van der Waals surface area contributed by atoms with E-state index in [1.54, 1.807) is 0 Å². The lowest BCUT2D eigenvalue weighted by molar-refractivity contribution is -0.161. The number of hydrogen-bond donors (Lipinski definition) is 1. The number of unbranched alkanes of at least 4 members (excludes halogenated alkanes) is 33. The van der Waals surface area contributed by atoms with Crippen molar-refractivity contribution in [2.45, 2.75) is 290 Å². The van der Waals surface area contributed by atoms with E-state index in [-0.39, 0.29) is 25.2 Å². The Morgan fingerprint density at radius 1 is 0.375 bits per heavy atom. The lowest BCUT2D eigenvalue weighted by Crippen LogP contribution is -2.28. The molecule has 0 amide bonds. The van der Waals surface area contributed by atoms with Gasteiger partial charge in [0, 0.05) is 12.8 Å². The summed E-state index contributed by atoms with van der Waals surface area (Å²) in [6.45, 7) is 4.06. The minimum absolute atomic E-state index is 0.0623. The number of hydrogen-bond acceptors (Lipinski definition) is 5. The van der Waals surface area contributed by atoms with E-state index in [1.165, 1.54) is 186 Å². The molecule has 0 fully saturated rings. The number of esters is 2. The van der Waals surface area contributed by atoms with Crippen LogP contribution in [0, 0.1) is 0 Å². The van der Waals surface area contributed by atoms with E-state index in [0.717, 1.165) is 70.6 Å². The predicted octanol–water partition coefficient (Wildman–Crippen LogP) is 18.6. The van der Waals surface area contributed by atoms with Gasteiger partial charge >= 0.3 is 11.9 Å². The van der Waals surface area contributed by atoms with Crippen molar-refractivity contribution in [3.63, 3.8) is 0 Å². The molecule has 0 rings (SSSR count). The number of aliphatic hydroxyl groups is 1. The second-order valence-electron chi connectivity index (χ2n) is 18.6. The standard InChI is InChI=1S/C59H106O5/c1-3-5-7-9-11-13-15-17-19-21-23-24-25-26-27-28-29-30-31-32-33-34-36-38-40-42-44-46-48-50-52-54-59(62)64-57(55-60)56-63-58(61)53-51-49-47-45-43-41-39-37-35-22-20-18-16-14-12-10-8-6-4-2/h5,7,11,13,17,19,23-24,26-27,57,60H,3-4,6,8-10,12,14-16,18,20-22,25,28-56H2,1-2H3/b7-5-,13-11-,19-17-,24-23-,27-26-. The van der Waals surface area contributed by atoms with Gasteiger partial charge in [0.25, 0.3) is 0 Å². The Kier molecular flexibility index (Phi) is 52.9. The summed E-state index contributed by atoms with van der Waals surface area (Å²) < 4.78 is 10.7. The summed E-state index contributed by atoms with van der Waals surface area (Å²) in [5.41, 5.74) is 0. The molecule has 0 aromatic rings. The summed E-state index contributed by atoms with van der Waals surface area (Å²) >= 11 is 0. The molecule has 5 nitrogen and oxygen atoms in total. The number of allylic oxidation sites excluding steroid dienone is 10. The number of carbonyl (C=O) groups is 2. The van der Waals surface area contributed by atoms with Crippen LogP contribution in [0.2, 0.25) is 0 Å². The van der Waals surface area contributed by atoms with Gasteiger partial charge in [0.2, 0.25) is 0 Å². The SMILES string of the molecule is CC/C=C\C/C=C\C/C=C\C/C=C\C/C=C\CCCCCCCCCCCCCCCCCC(=O)OC(CO)COC(=O)CCCCCCCCCCCCCCCCCCCCC. The maximum Gasteiger partial charge on any atom is 0.306 e. The van der Waals surface area contributed by atoms with Crippen LogP contribution in [0.3, 0.4) is 0 Å². The molecule has 0 aromatic carbocycles. The van der Waals surface area contributed by atoms with Gasteiger partial charge in [0.15, 0.2) is 6.10 Å². The molecule has 1 N–H and O–H groups in total. The fourth-order valence-electron chi connectivity index (χ4n) is 8.17. The maximum atomic E-state index is 12.3. The monoisotopic (exact) mass is 895 g/mol. The highest BCUT2D eigenvalue weighted by Crippen LogP contribution is 2.17. The van der Waals surface area contributed by atoms with Crippen LogP contribution >= 0.6 is 0 Å². The van der Waals surface area contributed by atoms with Crippen molar-refractivity contribution < 1.29 is 24.2 Å². The quantitative estimate of drug-likeness (QED) is 0.0374. The lowest BCUT2D eigenvalue weighted by Gasteiger charge is -2.15. The second kappa shape index (κ2) is 54.9. The van der Waals surface area contributed by atoms with Crippen molar-refractivity contribution >= 4 is 11.9 Å². The van der Waals surface area contributed by atoms with Crippen molar-refractivity contribution in [2.75, 3.05) is 13.2 Å². The third-order valence-electron chi connectivity index (χ3n) is 12.3. The van der Waals surface area contributed by atoms with Gasteiger partial charge in [-0.3, -0.25) is 9.59 Å². The normalized spacial score (nSPS) is 12.6. The largest absolute Gasteiger partial charge is 0.462 e. The Bertz CT molecular complexity index is 1100. The van der Waals surface area contributed by atoms with Gasteiger partial charge in [-0.15, -0.1) is 0 Å². The molecule has 0 heterocycles. The van der Waals surface area contributed by atoms with E-state index in [2.05, 4.69) is 74.6 Å². The van der Waals surface area contributed by atoms with E-state index in [9.17, 15) is 14.7 Å². The minimum Gasteiger partial charge on any atom is -0.462 e. The molecule has 0 bridgehead atoms. The summed E-state index contributed by atoms with van der Waals surface area (Å²) in [7, 11) is 0. The molecule has 0 saturated carbocycles. The molecule has 5 heteroatoms. The zero-order chi connectivity index (χ0) is 46.3. The number of aliphatic hydroxyl groups excluding tert-OH is 1. The van der Waals surface area contributed by atoms with Crippen LogP contribution in [0.25, 0.3) is 0 Å². The average molecular weight is 895 g/mol. The van der Waals surface area contributed by atoms with Crippen LogP contribution in [-0.4, -0.2) is 36.4 Å². The van der Waals surface area contributed by atoms with E-state index in [0.29, 0.717) is 12.8 Å². The topological polar surface area (TPSA) is 72.8 Å². The number of rotatable bonds is 51. The Balaban J connectivity index is 3.46. The first kappa shape index (κ1) is 61.6. The first-order valence-corrected chi connectivity index (χ1v) is 27.8. The van der Waals surface area contributed by atoms with Crippen molar-refractivity contribution in [1.29, 1.82) is 0 Å². The molecule has 0 aliphatic heterocycles. The van der Waals surface area contributed by atoms with Gasteiger partial charge in [-0.25, -0.2) is 0 Å². The third kappa shape index (κ3) is 52.2. The summed E-state index contributed by atoms with van der Waals surface area (Å²) in [4.78, 5) is 24.5. The van der Waals surface area contributed by atoms with Crippen LogP contribution in [0.4, 0.5) is 0 Å². The fourth-order valence-corrected chi connectivity index (χ4v) is 8.17. The first-order chi connectivity index (χ1) is 31.6. The van der Waals surface area contributed by atoms with Gasteiger partial charge in [-0.1, -0.05) is 274 Å². The molecule has 372 valence electrons. The Labute approximate surface area is 398 Å². The molecule has 0 aliphatic rings.